The maximum Gasteiger partial charge on any atom is 0.113 e. The van der Waals surface area contributed by atoms with Gasteiger partial charge in [-0.3, -0.25) is 0 Å². The third kappa shape index (κ3) is 6.96. The van der Waals surface area contributed by atoms with Crippen LogP contribution in [0.3, 0.4) is 0 Å². The number of hydrogen-bond acceptors (Lipinski definition) is 2. The maximum absolute atomic E-state index is 5.17. The molecule has 0 spiro atoms. The summed E-state index contributed by atoms with van der Waals surface area (Å²) < 4.78 is 5.17. The van der Waals surface area contributed by atoms with Crippen LogP contribution >= 0.6 is 17.7 Å². The SMILES string of the molecule is CCCOP(C)(=S)S. The second-order valence-corrected chi connectivity index (χ2v) is 8.69. The molecule has 0 aromatic rings. The quantitative estimate of drug-likeness (QED) is 0.514. The molecule has 0 fully saturated rings. The van der Waals surface area contributed by atoms with Gasteiger partial charge in [0.15, 0.2) is 0 Å². The molecule has 0 aromatic heterocycles. The maximum atomic E-state index is 5.17. The Bertz CT molecular complexity index is 98.2. The monoisotopic (exact) mass is 170 g/mol. The molecule has 0 aromatic carbocycles. The van der Waals surface area contributed by atoms with Crippen LogP contribution in [0.4, 0.5) is 0 Å². The molecule has 0 saturated heterocycles. The molecule has 0 radical (unpaired) electrons. The molecule has 0 N–H and O–H groups in total. The Labute approximate surface area is 61.1 Å². The van der Waals surface area contributed by atoms with Crippen LogP contribution in [-0.2, 0) is 16.3 Å². The van der Waals surface area contributed by atoms with Crippen LogP contribution in [0.2, 0.25) is 0 Å². The average Bonchev–Trinajstić information content (AvgIpc) is 1.59. The Morgan fingerprint density at radius 3 is 2.38 bits per heavy atom. The lowest BCUT2D eigenvalue weighted by Gasteiger charge is -2.07. The Hall–Kier alpha value is 0.960. The van der Waals surface area contributed by atoms with Gasteiger partial charge in [0, 0.05) is 0 Å². The predicted octanol–water partition coefficient (Wildman–Crippen LogP) is 2.28. The Morgan fingerprint density at radius 1 is 1.75 bits per heavy atom. The van der Waals surface area contributed by atoms with Crippen LogP contribution in [0, 0.1) is 0 Å². The second-order valence-electron chi connectivity index (χ2n) is 1.64. The van der Waals surface area contributed by atoms with Crippen molar-refractivity contribution in [3.8, 4) is 0 Å². The van der Waals surface area contributed by atoms with E-state index in [2.05, 4.69) is 19.2 Å². The van der Waals surface area contributed by atoms with Gasteiger partial charge in [-0.1, -0.05) is 18.7 Å². The second kappa shape index (κ2) is 3.89. The van der Waals surface area contributed by atoms with Crippen LogP contribution in [-0.4, -0.2) is 13.3 Å². The molecule has 50 valence electrons. The van der Waals surface area contributed by atoms with E-state index in [0.29, 0.717) is 0 Å². The van der Waals surface area contributed by atoms with Gasteiger partial charge in [0.1, 0.15) is 5.47 Å². The van der Waals surface area contributed by atoms with Gasteiger partial charge in [-0.25, -0.2) is 0 Å². The van der Waals surface area contributed by atoms with Crippen molar-refractivity contribution in [1.29, 1.82) is 0 Å². The summed E-state index contributed by atoms with van der Waals surface area (Å²) in [6.45, 7) is 4.66. The third-order valence-electron chi connectivity index (χ3n) is 0.535. The van der Waals surface area contributed by atoms with E-state index in [1.165, 1.54) is 0 Å². The van der Waals surface area contributed by atoms with Gasteiger partial charge in [0.2, 0.25) is 0 Å². The Balaban J connectivity index is 3.26. The first-order valence-electron chi connectivity index (χ1n) is 2.51. The molecule has 0 aliphatic heterocycles. The van der Waals surface area contributed by atoms with Crippen LogP contribution in [0.1, 0.15) is 13.3 Å². The zero-order chi connectivity index (χ0) is 6.62. The summed E-state index contributed by atoms with van der Waals surface area (Å²) in [5.74, 6) is 0. The zero-order valence-electron chi connectivity index (χ0n) is 5.13. The van der Waals surface area contributed by atoms with E-state index in [9.17, 15) is 0 Å². The molecule has 0 aliphatic rings. The summed E-state index contributed by atoms with van der Waals surface area (Å²) >= 11 is 9.00. The number of hydrogen-bond donors (Lipinski definition) is 1. The van der Waals surface area contributed by atoms with E-state index < -0.39 is 5.47 Å². The largest absolute Gasteiger partial charge is 0.342 e. The summed E-state index contributed by atoms with van der Waals surface area (Å²) in [7, 11) is 0. The van der Waals surface area contributed by atoms with Crippen LogP contribution in [0.25, 0.3) is 0 Å². The minimum atomic E-state index is -1.65. The molecule has 1 nitrogen and oxygen atoms in total. The van der Waals surface area contributed by atoms with Crippen molar-refractivity contribution in [3.63, 3.8) is 0 Å². The molecule has 0 heterocycles. The molecule has 0 aliphatic carbocycles. The van der Waals surface area contributed by atoms with E-state index in [0.717, 1.165) is 13.0 Å². The molecule has 0 amide bonds. The van der Waals surface area contributed by atoms with Crippen LogP contribution in [0.5, 0.6) is 0 Å². The highest BCUT2D eigenvalue weighted by Gasteiger charge is 1.99. The van der Waals surface area contributed by atoms with Crippen molar-refractivity contribution in [2.75, 3.05) is 13.3 Å². The number of rotatable bonds is 3. The van der Waals surface area contributed by atoms with Crippen molar-refractivity contribution in [1.82, 2.24) is 0 Å². The van der Waals surface area contributed by atoms with Gasteiger partial charge >= 0.3 is 0 Å². The Kier molecular flexibility index (Phi) is 4.35. The lowest BCUT2D eigenvalue weighted by atomic mass is 10.5. The lowest BCUT2D eigenvalue weighted by Crippen LogP contribution is -1.83. The average molecular weight is 170 g/mol. The van der Waals surface area contributed by atoms with Crippen LogP contribution in [0.15, 0.2) is 0 Å². The topological polar surface area (TPSA) is 9.23 Å². The molecule has 1 unspecified atom stereocenters. The third-order valence-corrected chi connectivity index (χ3v) is 1.86. The van der Waals surface area contributed by atoms with Gasteiger partial charge in [-0.05, 0) is 13.1 Å². The molecule has 0 saturated carbocycles. The van der Waals surface area contributed by atoms with Crippen molar-refractivity contribution in [3.05, 3.63) is 0 Å². The summed E-state index contributed by atoms with van der Waals surface area (Å²) in [6.07, 6.45) is 1.02. The molecular formula is C4H11OPS2. The summed E-state index contributed by atoms with van der Waals surface area (Å²) in [5, 5.41) is 0. The fourth-order valence-electron chi connectivity index (χ4n) is 0.261. The predicted molar refractivity (Wildman–Crippen MR) is 45.4 cm³/mol. The fraction of sp³-hybridized carbons (Fsp3) is 1.00. The summed E-state index contributed by atoms with van der Waals surface area (Å²) in [5.41, 5.74) is -1.65. The van der Waals surface area contributed by atoms with Gasteiger partial charge in [-0.2, -0.15) is 0 Å². The lowest BCUT2D eigenvalue weighted by molar-refractivity contribution is 0.360. The fourth-order valence-corrected chi connectivity index (χ4v) is 1.25. The molecule has 8 heavy (non-hydrogen) atoms. The summed E-state index contributed by atoms with van der Waals surface area (Å²) in [6, 6.07) is 0. The molecule has 1 atom stereocenters. The minimum Gasteiger partial charge on any atom is -0.342 e. The van der Waals surface area contributed by atoms with Gasteiger partial charge in [0.25, 0.3) is 0 Å². The first-order chi connectivity index (χ1) is 3.56. The smallest absolute Gasteiger partial charge is 0.113 e. The van der Waals surface area contributed by atoms with Crippen molar-refractivity contribution >= 4 is 29.5 Å². The van der Waals surface area contributed by atoms with E-state index in [4.69, 9.17) is 16.3 Å². The standard InChI is InChI=1S/C4H11OPS2/c1-3-4-5-6(2,7)8/h3-4H2,1-2H3,(H,7,8). The van der Waals surface area contributed by atoms with Gasteiger partial charge in [0.05, 0.1) is 6.61 Å². The van der Waals surface area contributed by atoms with Crippen LogP contribution < -0.4 is 0 Å². The van der Waals surface area contributed by atoms with Gasteiger partial charge < -0.3 is 4.52 Å². The number of thiol groups is 1. The van der Waals surface area contributed by atoms with E-state index in [1.54, 1.807) is 0 Å². The summed E-state index contributed by atoms with van der Waals surface area (Å²) in [4.78, 5) is 0. The van der Waals surface area contributed by atoms with E-state index >= 15 is 0 Å². The Morgan fingerprint density at radius 2 is 2.25 bits per heavy atom. The van der Waals surface area contributed by atoms with Crippen molar-refractivity contribution in [2.45, 2.75) is 13.3 Å². The normalized spacial score (nSPS) is 17.9. The van der Waals surface area contributed by atoms with E-state index in [1.807, 2.05) is 6.66 Å². The first-order valence-corrected chi connectivity index (χ1v) is 6.83. The zero-order valence-corrected chi connectivity index (χ0v) is 7.73. The van der Waals surface area contributed by atoms with Crippen molar-refractivity contribution in [2.24, 2.45) is 0 Å². The highest BCUT2D eigenvalue weighted by atomic mass is 32.9. The first kappa shape index (κ1) is 8.96. The highest BCUT2D eigenvalue weighted by Crippen LogP contribution is 2.47. The minimum absolute atomic E-state index is 0.747. The molecule has 0 rings (SSSR count). The molecule has 4 heteroatoms. The van der Waals surface area contributed by atoms with E-state index in [-0.39, 0.29) is 0 Å². The highest BCUT2D eigenvalue weighted by molar-refractivity contribution is 8.61. The molecule has 0 bridgehead atoms. The molecular weight excluding hydrogens is 159 g/mol. The van der Waals surface area contributed by atoms with Gasteiger partial charge in [-0.15, -0.1) is 12.2 Å². The van der Waals surface area contributed by atoms with Crippen molar-refractivity contribution < 1.29 is 4.52 Å².